The Morgan fingerprint density at radius 3 is 2.92 bits per heavy atom. The maximum absolute atomic E-state index is 8.70. The van der Waals surface area contributed by atoms with E-state index < -0.39 is 0 Å². The van der Waals surface area contributed by atoms with Crippen molar-refractivity contribution in [3.8, 4) is 6.07 Å². The van der Waals surface area contributed by atoms with Crippen molar-refractivity contribution in [1.29, 1.82) is 5.26 Å². The third-order valence-corrected chi connectivity index (χ3v) is 2.51. The predicted octanol–water partition coefficient (Wildman–Crippen LogP) is 2.87. The summed E-state index contributed by atoms with van der Waals surface area (Å²) in [5.74, 6) is 0. The van der Waals surface area contributed by atoms with Crippen molar-refractivity contribution in [2.24, 2.45) is 0 Å². The highest BCUT2D eigenvalue weighted by molar-refractivity contribution is 9.10. The Hall–Kier alpha value is -1.40. The Labute approximate surface area is 84.0 Å². The molecule has 0 fully saturated rings. The van der Waals surface area contributed by atoms with Gasteiger partial charge in [-0.3, -0.25) is 4.98 Å². The number of benzene rings is 1. The lowest BCUT2D eigenvalue weighted by atomic mass is 10.1. The second-order valence-electron chi connectivity index (χ2n) is 2.64. The number of halogens is 1. The van der Waals surface area contributed by atoms with Gasteiger partial charge in [0, 0.05) is 16.1 Å². The van der Waals surface area contributed by atoms with Gasteiger partial charge in [0.2, 0.25) is 0 Å². The summed E-state index contributed by atoms with van der Waals surface area (Å²) in [6, 6.07) is 9.40. The largest absolute Gasteiger partial charge is 0.256 e. The van der Waals surface area contributed by atoms with Crippen LogP contribution in [0, 0.1) is 11.3 Å². The summed E-state index contributed by atoms with van der Waals surface area (Å²) in [4.78, 5) is 4.18. The molecule has 0 atom stereocenters. The van der Waals surface area contributed by atoms with Crippen LogP contribution in [0.2, 0.25) is 0 Å². The fourth-order valence-electron chi connectivity index (χ4n) is 1.18. The lowest BCUT2D eigenvalue weighted by Gasteiger charge is -1.98. The van der Waals surface area contributed by atoms with Crippen molar-refractivity contribution in [2.75, 3.05) is 0 Å². The van der Waals surface area contributed by atoms with Crippen molar-refractivity contribution >= 4 is 26.8 Å². The first-order valence-corrected chi connectivity index (χ1v) is 4.55. The molecule has 0 amide bonds. The van der Waals surface area contributed by atoms with E-state index in [0.717, 1.165) is 15.4 Å². The third kappa shape index (κ3) is 1.41. The van der Waals surface area contributed by atoms with E-state index in [4.69, 9.17) is 5.26 Å². The molecule has 0 aliphatic carbocycles. The van der Waals surface area contributed by atoms with Gasteiger partial charge in [0.25, 0.3) is 0 Å². The van der Waals surface area contributed by atoms with Crippen LogP contribution >= 0.6 is 15.9 Å². The first-order chi connectivity index (χ1) is 6.31. The van der Waals surface area contributed by atoms with E-state index in [1.165, 1.54) is 0 Å². The molecule has 1 aromatic heterocycles. The molecule has 0 unspecified atom stereocenters. The second-order valence-corrected chi connectivity index (χ2v) is 3.49. The highest BCUT2D eigenvalue weighted by atomic mass is 79.9. The Bertz CT molecular complexity index is 500. The summed E-state index contributed by atoms with van der Waals surface area (Å²) in [6.07, 6.45) is 1.73. The number of pyridine rings is 1. The molecule has 0 saturated carbocycles. The van der Waals surface area contributed by atoms with Crippen molar-refractivity contribution in [3.63, 3.8) is 0 Å². The van der Waals surface area contributed by atoms with Gasteiger partial charge in [0.1, 0.15) is 0 Å². The zero-order valence-corrected chi connectivity index (χ0v) is 8.25. The molecule has 0 aliphatic heterocycles. The van der Waals surface area contributed by atoms with Gasteiger partial charge in [0.15, 0.2) is 0 Å². The molecule has 2 rings (SSSR count). The lowest BCUT2D eigenvalue weighted by Crippen LogP contribution is -1.81. The van der Waals surface area contributed by atoms with Gasteiger partial charge in [-0.25, -0.2) is 0 Å². The van der Waals surface area contributed by atoms with Gasteiger partial charge in [-0.05, 0) is 24.3 Å². The number of hydrogen-bond donors (Lipinski definition) is 0. The molecule has 2 aromatic rings. The van der Waals surface area contributed by atoms with Crippen LogP contribution in [-0.4, -0.2) is 4.98 Å². The highest BCUT2D eigenvalue weighted by Crippen LogP contribution is 2.22. The van der Waals surface area contributed by atoms with Gasteiger partial charge in [-0.1, -0.05) is 15.9 Å². The number of aromatic nitrogens is 1. The zero-order valence-electron chi connectivity index (χ0n) is 6.66. The van der Waals surface area contributed by atoms with Crippen LogP contribution in [0.4, 0.5) is 0 Å². The molecule has 13 heavy (non-hydrogen) atoms. The van der Waals surface area contributed by atoms with E-state index in [-0.39, 0.29) is 0 Å². The monoisotopic (exact) mass is 232 g/mol. The van der Waals surface area contributed by atoms with Crippen molar-refractivity contribution in [1.82, 2.24) is 4.98 Å². The van der Waals surface area contributed by atoms with Crippen LogP contribution in [0.5, 0.6) is 0 Å². The Morgan fingerprint density at radius 2 is 2.15 bits per heavy atom. The van der Waals surface area contributed by atoms with Crippen molar-refractivity contribution in [3.05, 3.63) is 40.5 Å². The normalized spacial score (nSPS) is 9.85. The minimum absolute atomic E-state index is 0.654. The molecule has 2 nitrogen and oxygen atoms in total. The smallest absolute Gasteiger partial charge is 0.0991 e. The molecular formula is C10H5BrN2. The molecule has 1 heterocycles. The molecule has 0 saturated heterocycles. The van der Waals surface area contributed by atoms with Crippen LogP contribution < -0.4 is 0 Å². The number of nitriles is 1. The minimum atomic E-state index is 0.654. The summed E-state index contributed by atoms with van der Waals surface area (Å²) in [5.41, 5.74) is 1.55. The average molecular weight is 233 g/mol. The molecule has 0 radical (unpaired) electrons. The first kappa shape index (κ1) is 8.21. The molecule has 0 aliphatic rings. The van der Waals surface area contributed by atoms with Gasteiger partial charge in [-0.2, -0.15) is 5.26 Å². The second kappa shape index (κ2) is 3.15. The van der Waals surface area contributed by atoms with E-state index >= 15 is 0 Å². The molecular weight excluding hydrogens is 228 g/mol. The lowest BCUT2D eigenvalue weighted by molar-refractivity contribution is 1.39. The van der Waals surface area contributed by atoms with E-state index in [0.29, 0.717) is 5.56 Å². The Morgan fingerprint density at radius 1 is 1.31 bits per heavy atom. The quantitative estimate of drug-likeness (QED) is 0.701. The van der Waals surface area contributed by atoms with Gasteiger partial charge in [-0.15, -0.1) is 0 Å². The Kier molecular flexibility index (Phi) is 1.99. The molecule has 0 spiro atoms. The predicted molar refractivity (Wildman–Crippen MR) is 54.2 cm³/mol. The SMILES string of the molecule is N#Cc1ccc2nccc(Br)c2c1. The van der Waals surface area contributed by atoms with E-state index in [1.54, 1.807) is 12.3 Å². The van der Waals surface area contributed by atoms with Gasteiger partial charge >= 0.3 is 0 Å². The number of fused-ring (bicyclic) bond motifs is 1. The molecule has 3 heteroatoms. The fourth-order valence-corrected chi connectivity index (χ4v) is 1.62. The molecule has 0 N–H and O–H groups in total. The summed E-state index contributed by atoms with van der Waals surface area (Å²) < 4.78 is 0.967. The summed E-state index contributed by atoms with van der Waals surface area (Å²) in [5, 5.41) is 9.68. The topological polar surface area (TPSA) is 36.7 Å². The van der Waals surface area contributed by atoms with Crippen molar-refractivity contribution in [2.45, 2.75) is 0 Å². The van der Waals surface area contributed by atoms with E-state index in [9.17, 15) is 0 Å². The molecule has 0 bridgehead atoms. The first-order valence-electron chi connectivity index (χ1n) is 3.75. The number of hydrogen-bond acceptors (Lipinski definition) is 2. The van der Waals surface area contributed by atoms with Crippen LogP contribution in [0.25, 0.3) is 10.9 Å². The van der Waals surface area contributed by atoms with Crippen LogP contribution in [0.3, 0.4) is 0 Å². The summed E-state index contributed by atoms with van der Waals surface area (Å²) >= 11 is 3.41. The summed E-state index contributed by atoms with van der Waals surface area (Å²) in [6.45, 7) is 0. The van der Waals surface area contributed by atoms with E-state index in [2.05, 4.69) is 27.0 Å². The summed E-state index contributed by atoms with van der Waals surface area (Å²) in [7, 11) is 0. The van der Waals surface area contributed by atoms with Crippen LogP contribution in [0.15, 0.2) is 34.9 Å². The minimum Gasteiger partial charge on any atom is -0.256 e. The maximum Gasteiger partial charge on any atom is 0.0991 e. The third-order valence-electron chi connectivity index (χ3n) is 1.82. The number of rotatable bonds is 0. The Balaban J connectivity index is 2.84. The average Bonchev–Trinajstić information content (AvgIpc) is 2.18. The van der Waals surface area contributed by atoms with E-state index in [1.807, 2.05) is 18.2 Å². The highest BCUT2D eigenvalue weighted by Gasteiger charge is 1.99. The van der Waals surface area contributed by atoms with Crippen LogP contribution in [-0.2, 0) is 0 Å². The maximum atomic E-state index is 8.70. The fraction of sp³-hybridized carbons (Fsp3) is 0. The van der Waals surface area contributed by atoms with Gasteiger partial charge < -0.3 is 0 Å². The standard InChI is InChI=1S/C10H5BrN2/c11-9-3-4-13-10-2-1-7(6-12)5-8(9)10/h1-5H. The van der Waals surface area contributed by atoms with Crippen molar-refractivity contribution < 1.29 is 0 Å². The van der Waals surface area contributed by atoms with Gasteiger partial charge in [0.05, 0.1) is 17.1 Å². The molecule has 1 aromatic carbocycles. The number of nitrogens with zero attached hydrogens (tertiary/aromatic N) is 2. The zero-order chi connectivity index (χ0) is 9.26. The molecule has 62 valence electrons. The van der Waals surface area contributed by atoms with Crippen LogP contribution in [0.1, 0.15) is 5.56 Å².